The Labute approximate surface area is 86.1 Å². The number of hydrogen-bond donors (Lipinski definition) is 0. The molecule has 0 heterocycles. The van der Waals surface area contributed by atoms with Crippen LogP contribution in [0, 0.1) is 11.8 Å². The van der Waals surface area contributed by atoms with Crippen LogP contribution in [0.3, 0.4) is 0 Å². The highest BCUT2D eigenvalue weighted by atomic mass is 35.5. The lowest BCUT2D eigenvalue weighted by molar-refractivity contribution is 0.0800. The Kier molecular flexibility index (Phi) is 5.49. The second-order valence-electron chi connectivity index (χ2n) is 3.80. The van der Waals surface area contributed by atoms with E-state index in [2.05, 4.69) is 19.1 Å². The molecule has 1 rings (SSSR count). The molecule has 0 aliphatic heterocycles. The van der Waals surface area contributed by atoms with Gasteiger partial charge < -0.3 is 4.74 Å². The molecule has 0 aromatic heterocycles. The zero-order valence-corrected chi connectivity index (χ0v) is 9.09. The molecule has 2 unspecified atom stereocenters. The Morgan fingerprint density at radius 2 is 2.15 bits per heavy atom. The fourth-order valence-corrected chi connectivity index (χ4v) is 1.74. The molecule has 0 N–H and O–H groups in total. The van der Waals surface area contributed by atoms with Crippen LogP contribution in [0.5, 0.6) is 0 Å². The number of allylic oxidation sites excluding steroid dienone is 2. The van der Waals surface area contributed by atoms with Crippen molar-refractivity contribution >= 4 is 11.6 Å². The quantitative estimate of drug-likeness (QED) is 0.378. The summed E-state index contributed by atoms with van der Waals surface area (Å²) in [5.74, 6) is 2.21. The van der Waals surface area contributed by atoms with Gasteiger partial charge in [-0.05, 0) is 31.1 Å². The SMILES string of the molecule is CC1CC=CCC1COCCCCl. The van der Waals surface area contributed by atoms with Gasteiger partial charge in [0.1, 0.15) is 0 Å². The van der Waals surface area contributed by atoms with E-state index in [4.69, 9.17) is 16.3 Å². The van der Waals surface area contributed by atoms with Crippen LogP contribution in [-0.4, -0.2) is 19.1 Å². The monoisotopic (exact) mass is 202 g/mol. The van der Waals surface area contributed by atoms with Crippen LogP contribution >= 0.6 is 11.6 Å². The third kappa shape index (κ3) is 4.15. The summed E-state index contributed by atoms with van der Waals surface area (Å²) in [7, 11) is 0. The van der Waals surface area contributed by atoms with E-state index in [0.29, 0.717) is 5.88 Å². The Hall–Kier alpha value is -0.0100. The molecule has 76 valence electrons. The fourth-order valence-electron chi connectivity index (χ4n) is 1.63. The first-order chi connectivity index (χ1) is 6.34. The van der Waals surface area contributed by atoms with Crippen molar-refractivity contribution in [2.45, 2.75) is 26.2 Å². The lowest BCUT2D eigenvalue weighted by atomic mass is 9.85. The smallest absolute Gasteiger partial charge is 0.0499 e. The average molecular weight is 203 g/mol. The summed E-state index contributed by atoms with van der Waals surface area (Å²) in [5.41, 5.74) is 0. The van der Waals surface area contributed by atoms with Gasteiger partial charge in [0.15, 0.2) is 0 Å². The van der Waals surface area contributed by atoms with Gasteiger partial charge in [-0.25, -0.2) is 0 Å². The van der Waals surface area contributed by atoms with Crippen molar-refractivity contribution in [1.29, 1.82) is 0 Å². The molecule has 0 bridgehead atoms. The number of hydrogen-bond acceptors (Lipinski definition) is 1. The number of rotatable bonds is 5. The highest BCUT2D eigenvalue weighted by Crippen LogP contribution is 2.24. The second-order valence-corrected chi connectivity index (χ2v) is 4.18. The lowest BCUT2D eigenvalue weighted by Crippen LogP contribution is -2.19. The maximum absolute atomic E-state index is 5.57. The Bertz CT molecular complexity index is 156. The van der Waals surface area contributed by atoms with Crippen LogP contribution in [0.4, 0.5) is 0 Å². The van der Waals surface area contributed by atoms with E-state index in [-0.39, 0.29) is 0 Å². The average Bonchev–Trinajstić information content (AvgIpc) is 2.15. The highest BCUT2D eigenvalue weighted by Gasteiger charge is 2.17. The summed E-state index contributed by atoms with van der Waals surface area (Å²) in [6.45, 7) is 4.03. The number of halogens is 1. The maximum atomic E-state index is 5.57. The molecule has 1 nitrogen and oxygen atoms in total. The van der Waals surface area contributed by atoms with Gasteiger partial charge in [-0.3, -0.25) is 0 Å². The first-order valence-electron chi connectivity index (χ1n) is 5.13. The summed E-state index contributed by atoms with van der Waals surface area (Å²) in [5, 5.41) is 0. The summed E-state index contributed by atoms with van der Waals surface area (Å²) < 4.78 is 5.57. The van der Waals surface area contributed by atoms with Crippen LogP contribution in [0.2, 0.25) is 0 Å². The largest absolute Gasteiger partial charge is 0.381 e. The third-order valence-electron chi connectivity index (χ3n) is 2.67. The van der Waals surface area contributed by atoms with Crippen LogP contribution < -0.4 is 0 Å². The van der Waals surface area contributed by atoms with Crippen molar-refractivity contribution in [3.8, 4) is 0 Å². The molecule has 13 heavy (non-hydrogen) atoms. The minimum atomic E-state index is 0.708. The lowest BCUT2D eigenvalue weighted by Gasteiger charge is -2.24. The summed E-state index contributed by atoms with van der Waals surface area (Å²) >= 11 is 5.56. The van der Waals surface area contributed by atoms with Crippen molar-refractivity contribution in [3.63, 3.8) is 0 Å². The highest BCUT2D eigenvalue weighted by molar-refractivity contribution is 6.17. The van der Waals surface area contributed by atoms with E-state index in [0.717, 1.165) is 31.5 Å². The summed E-state index contributed by atoms with van der Waals surface area (Å²) in [6.07, 6.45) is 7.92. The molecular weight excluding hydrogens is 184 g/mol. The van der Waals surface area contributed by atoms with Gasteiger partial charge >= 0.3 is 0 Å². The molecule has 1 aliphatic rings. The topological polar surface area (TPSA) is 9.23 Å². The molecule has 0 spiro atoms. The van der Waals surface area contributed by atoms with E-state index in [1.54, 1.807) is 0 Å². The van der Waals surface area contributed by atoms with Gasteiger partial charge in [-0.2, -0.15) is 0 Å². The molecule has 0 fully saturated rings. The zero-order chi connectivity index (χ0) is 9.52. The molecule has 0 aromatic carbocycles. The first kappa shape index (κ1) is 11.1. The van der Waals surface area contributed by atoms with Gasteiger partial charge in [0.05, 0.1) is 0 Å². The van der Waals surface area contributed by atoms with Crippen molar-refractivity contribution in [1.82, 2.24) is 0 Å². The maximum Gasteiger partial charge on any atom is 0.0499 e. The summed E-state index contributed by atoms with van der Waals surface area (Å²) in [6, 6.07) is 0. The number of alkyl halides is 1. The molecule has 2 atom stereocenters. The van der Waals surface area contributed by atoms with Gasteiger partial charge in [-0.15, -0.1) is 11.6 Å². The molecule has 1 aliphatic carbocycles. The normalized spacial score (nSPS) is 27.8. The Morgan fingerprint density at radius 3 is 2.85 bits per heavy atom. The molecule has 0 saturated carbocycles. The van der Waals surface area contributed by atoms with Crippen LogP contribution in [0.25, 0.3) is 0 Å². The van der Waals surface area contributed by atoms with E-state index in [1.807, 2.05) is 0 Å². The van der Waals surface area contributed by atoms with E-state index in [1.165, 1.54) is 12.8 Å². The van der Waals surface area contributed by atoms with Crippen molar-refractivity contribution < 1.29 is 4.74 Å². The van der Waals surface area contributed by atoms with Crippen LogP contribution in [-0.2, 0) is 4.74 Å². The third-order valence-corrected chi connectivity index (χ3v) is 2.94. The first-order valence-corrected chi connectivity index (χ1v) is 5.66. The van der Waals surface area contributed by atoms with Gasteiger partial charge in [0, 0.05) is 19.1 Å². The van der Waals surface area contributed by atoms with Gasteiger partial charge in [-0.1, -0.05) is 19.1 Å². The van der Waals surface area contributed by atoms with Crippen molar-refractivity contribution in [2.75, 3.05) is 19.1 Å². The minimum Gasteiger partial charge on any atom is -0.381 e. The van der Waals surface area contributed by atoms with Crippen LogP contribution in [0.1, 0.15) is 26.2 Å². The Balaban J connectivity index is 2.09. The Morgan fingerprint density at radius 1 is 1.38 bits per heavy atom. The van der Waals surface area contributed by atoms with E-state index < -0.39 is 0 Å². The van der Waals surface area contributed by atoms with Crippen molar-refractivity contribution in [3.05, 3.63) is 12.2 Å². The molecule has 2 heteroatoms. The van der Waals surface area contributed by atoms with Crippen molar-refractivity contribution in [2.24, 2.45) is 11.8 Å². The zero-order valence-electron chi connectivity index (χ0n) is 8.34. The van der Waals surface area contributed by atoms with Gasteiger partial charge in [0.25, 0.3) is 0 Å². The molecule has 0 amide bonds. The predicted molar refractivity (Wildman–Crippen MR) is 57.2 cm³/mol. The molecule has 0 radical (unpaired) electrons. The second kappa shape index (κ2) is 6.44. The molecule has 0 aromatic rings. The van der Waals surface area contributed by atoms with Crippen LogP contribution in [0.15, 0.2) is 12.2 Å². The fraction of sp³-hybridized carbons (Fsp3) is 0.818. The summed E-state index contributed by atoms with van der Waals surface area (Å²) in [4.78, 5) is 0. The standard InChI is InChI=1S/C11H19ClO/c1-10-5-2-3-6-11(10)9-13-8-4-7-12/h2-3,10-11H,4-9H2,1H3. The molecular formula is C11H19ClO. The number of ether oxygens (including phenoxy) is 1. The minimum absolute atomic E-state index is 0.708. The predicted octanol–water partition coefficient (Wildman–Crippen LogP) is 3.23. The van der Waals surface area contributed by atoms with E-state index >= 15 is 0 Å². The van der Waals surface area contributed by atoms with Gasteiger partial charge in [0.2, 0.25) is 0 Å². The molecule has 0 saturated heterocycles. The van der Waals surface area contributed by atoms with E-state index in [9.17, 15) is 0 Å².